The molecule has 0 radical (unpaired) electrons. The van der Waals surface area contributed by atoms with Gasteiger partial charge in [-0.3, -0.25) is 10.2 Å². The predicted octanol–water partition coefficient (Wildman–Crippen LogP) is -0.261. The van der Waals surface area contributed by atoms with E-state index >= 15 is 0 Å². The summed E-state index contributed by atoms with van der Waals surface area (Å²) in [5.41, 5.74) is 5.43. The van der Waals surface area contributed by atoms with E-state index in [9.17, 15) is 13.2 Å². The van der Waals surface area contributed by atoms with Gasteiger partial charge in [0, 0.05) is 25.8 Å². The Labute approximate surface area is 68.7 Å². The van der Waals surface area contributed by atoms with E-state index < -0.39 is 12.7 Å². The van der Waals surface area contributed by atoms with E-state index in [-0.39, 0.29) is 12.7 Å². The van der Waals surface area contributed by atoms with E-state index in [2.05, 4.69) is 5.32 Å². The lowest BCUT2D eigenvalue weighted by molar-refractivity contribution is -0.126. The molecule has 6 heteroatoms. The third-order valence-electron chi connectivity index (χ3n) is 1.65. The zero-order valence-electron chi connectivity index (χ0n) is 6.56. The molecule has 12 heavy (non-hydrogen) atoms. The molecule has 1 aliphatic rings. The van der Waals surface area contributed by atoms with Crippen LogP contribution in [0.25, 0.3) is 0 Å². The van der Waals surface area contributed by atoms with Crippen LogP contribution in [0.5, 0.6) is 0 Å². The molecule has 0 aromatic heterocycles. The molecule has 0 aliphatic carbocycles. The number of nitrogens with zero attached hydrogens (tertiary/aromatic N) is 1. The van der Waals surface area contributed by atoms with Gasteiger partial charge in [0.25, 0.3) is 0 Å². The first-order chi connectivity index (χ1) is 5.47. The lowest BCUT2D eigenvalue weighted by atomic mass is 10.1. The summed E-state index contributed by atoms with van der Waals surface area (Å²) in [5, 5.41) is 2.29. The smallest absolute Gasteiger partial charge is 0.325 e. The van der Waals surface area contributed by atoms with Crippen molar-refractivity contribution in [3.63, 3.8) is 0 Å². The fraction of sp³-hybridized carbons (Fsp3) is 1.00. The highest BCUT2D eigenvalue weighted by molar-refractivity contribution is 4.81. The highest BCUT2D eigenvalue weighted by Crippen LogP contribution is 2.12. The van der Waals surface area contributed by atoms with E-state index in [0.717, 1.165) is 0 Å². The average Bonchev–Trinajstić information content (AvgIpc) is 1.81. The molecular formula is C6H12F3N3. The van der Waals surface area contributed by atoms with Gasteiger partial charge in [0.1, 0.15) is 0 Å². The molecule has 0 spiro atoms. The topological polar surface area (TPSA) is 41.3 Å². The number of alkyl halides is 3. The molecule has 0 unspecified atom stereocenters. The number of halogens is 3. The third kappa shape index (κ3) is 3.38. The molecule has 3 nitrogen and oxygen atoms in total. The van der Waals surface area contributed by atoms with Crippen LogP contribution >= 0.6 is 0 Å². The summed E-state index contributed by atoms with van der Waals surface area (Å²) in [6.07, 6.45) is -4.12. The Kier molecular flexibility index (Phi) is 2.92. The van der Waals surface area contributed by atoms with E-state index in [4.69, 9.17) is 5.73 Å². The molecule has 0 saturated carbocycles. The van der Waals surface area contributed by atoms with Crippen LogP contribution in [0.3, 0.4) is 0 Å². The van der Waals surface area contributed by atoms with Crippen LogP contribution in [-0.4, -0.2) is 43.4 Å². The molecule has 0 amide bonds. The lowest BCUT2D eigenvalue weighted by Gasteiger charge is -2.36. The zero-order valence-corrected chi connectivity index (χ0v) is 6.56. The maximum Gasteiger partial charge on any atom is 0.401 e. The van der Waals surface area contributed by atoms with Gasteiger partial charge < -0.3 is 5.73 Å². The first kappa shape index (κ1) is 9.76. The van der Waals surface area contributed by atoms with Gasteiger partial charge in [0.2, 0.25) is 0 Å². The van der Waals surface area contributed by atoms with Gasteiger partial charge in [-0.25, -0.2) is 0 Å². The Hall–Kier alpha value is -0.330. The van der Waals surface area contributed by atoms with Gasteiger partial charge in [-0.05, 0) is 0 Å². The van der Waals surface area contributed by atoms with Crippen LogP contribution in [0, 0.1) is 0 Å². The number of hydrogen-bond acceptors (Lipinski definition) is 3. The van der Waals surface area contributed by atoms with Crippen LogP contribution in [0.15, 0.2) is 0 Å². The fourth-order valence-corrected chi connectivity index (χ4v) is 1.09. The van der Waals surface area contributed by atoms with Gasteiger partial charge >= 0.3 is 6.18 Å². The SMILES string of the molecule is NC1CN(CNCC(F)(F)F)C1. The number of rotatable bonds is 3. The van der Waals surface area contributed by atoms with Gasteiger partial charge in [-0.1, -0.05) is 0 Å². The molecule has 1 rings (SSSR count). The molecule has 1 fully saturated rings. The molecule has 3 N–H and O–H groups in total. The van der Waals surface area contributed by atoms with Crippen molar-refractivity contribution in [2.75, 3.05) is 26.3 Å². The Balaban J connectivity index is 1.97. The van der Waals surface area contributed by atoms with E-state index in [1.165, 1.54) is 0 Å². The standard InChI is InChI=1S/C6H12F3N3/c7-6(8,9)3-11-4-12-1-5(10)2-12/h5,11H,1-4,10H2. The highest BCUT2D eigenvalue weighted by atomic mass is 19.4. The summed E-state index contributed by atoms with van der Waals surface area (Å²) in [6.45, 7) is 0.710. The van der Waals surface area contributed by atoms with Crippen molar-refractivity contribution in [2.45, 2.75) is 12.2 Å². The van der Waals surface area contributed by atoms with Gasteiger partial charge in [-0.15, -0.1) is 0 Å². The molecule has 1 saturated heterocycles. The molecule has 0 aromatic carbocycles. The fourth-order valence-electron chi connectivity index (χ4n) is 1.09. The summed E-state index contributed by atoms with van der Waals surface area (Å²) < 4.78 is 34.8. The van der Waals surface area contributed by atoms with E-state index in [0.29, 0.717) is 13.1 Å². The first-order valence-corrected chi connectivity index (χ1v) is 3.73. The first-order valence-electron chi connectivity index (χ1n) is 3.73. The molecule has 0 atom stereocenters. The summed E-state index contributed by atoms with van der Waals surface area (Å²) in [4.78, 5) is 1.83. The minimum Gasteiger partial charge on any atom is -0.325 e. The quantitative estimate of drug-likeness (QED) is 0.633. The normalized spacial score (nSPS) is 21.0. The van der Waals surface area contributed by atoms with Crippen molar-refractivity contribution in [1.82, 2.24) is 10.2 Å². The maximum atomic E-state index is 11.6. The van der Waals surface area contributed by atoms with Crippen molar-refractivity contribution in [2.24, 2.45) is 5.73 Å². The van der Waals surface area contributed by atoms with Crippen molar-refractivity contribution in [3.05, 3.63) is 0 Å². The summed E-state index contributed by atoms with van der Waals surface area (Å²) in [7, 11) is 0. The number of likely N-dealkylation sites (tertiary alicyclic amines) is 1. The van der Waals surface area contributed by atoms with E-state index in [1.807, 2.05) is 4.90 Å². The van der Waals surface area contributed by atoms with Crippen molar-refractivity contribution in [1.29, 1.82) is 0 Å². The zero-order chi connectivity index (χ0) is 9.19. The molecule has 0 aromatic rings. The Morgan fingerprint density at radius 3 is 2.42 bits per heavy atom. The second-order valence-electron chi connectivity index (χ2n) is 3.00. The minimum absolute atomic E-state index is 0.137. The third-order valence-corrected chi connectivity index (χ3v) is 1.65. The van der Waals surface area contributed by atoms with Crippen molar-refractivity contribution < 1.29 is 13.2 Å². The summed E-state index contributed by atoms with van der Waals surface area (Å²) in [5.74, 6) is 0. The second-order valence-corrected chi connectivity index (χ2v) is 3.00. The molecule has 1 heterocycles. The molecule has 1 aliphatic heterocycles. The Morgan fingerprint density at radius 2 is 2.00 bits per heavy atom. The van der Waals surface area contributed by atoms with Gasteiger partial charge in [-0.2, -0.15) is 13.2 Å². The summed E-state index contributed by atoms with van der Waals surface area (Å²) in [6, 6.07) is 0.137. The Morgan fingerprint density at radius 1 is 1.42 bits per heavy atom. The molecule has 72 valence electrons. The monoisotopic (exact) mass is 183 g/mol. The van der Waals surface area contributed by atoms with Crippen LogP contribution in [0.2, 0.25) is 0 Å². The van der Waals surface area contributed by atoms with E-state index in [1.54, 1.807) is 0 Å². The average molecular weight is 183 g/mol. The number of nitrogens with two attached hydrogens (primary N) is 1. The molecule has 0 bridgehead atoms. The van der Waals surface area contributed by atoms with Crippen molar-refractivity contribution in [3.8, 4) is 0 Å². The van der Waals surface area contributed by atoms with Crippen LogP contribution in [0.4, 0.5) is 13.2 Å². The highest BCUT2D eigenvalue weighted by Gasteiger charge is 2.28. The maximum absolute atomic E-state index is 11.6. The number of nitrogens with one attached hydrogen (secondary N) is 1. The van der Waals surface area contributed by atoms with Crippen LogP contribution in [-0.2, 0) is 0 Å². The van der Waals surface area contributed by atoms with Crippen molar-refractivity contribution >= 4 is 0 Å². The second kappa shape index (κ2) is 3.59. The molecular weight excluding hydrogens is 171 g/mol. The van der Waals surface area contributed by atoms with Crippen LogP contribution < -0.4 is 11.1 Å². The minimum atomic E-state index is -4.12. The van der Waals surface area contributed by atoms with Gasteiger partial charge in [0.05, 0.1) is 6.54 Å². The number of hydrogen-bond donors (Lipinski definition) is 2. The predicted molar refractivity (Wildman–Crippen MR) is 38.5 cm³/mol. The Bertz CT molecular complexity index is 141. The summed E-state index contributed by atoms with van der Waals surface area (Å²) >= 11 is 0. The van der Waals surface area contributed by atoms with Gasteiger partial charge in [0.15, 0.2) is 0 Å². The largest absolute Gasteiger partial charge is 0.401 e. The van der Waals surface area contributed by atoms with Crippen LogP contribution in [0.1, 0.15) is 0 Å². The lowest BCUT2D eigenvalue weighted by Crippen LogP contribution is -2.58.